The molecule has 30 heavy (non-hydrogen) atoms. The summed E-state index contributed by atoms with van der Waals surface area (Å²) < 4.78 is 30.0. The van der Waals surface area contributed by atoms with Crippen LogP contribution in [0.5, 0.6) is 5.75 Å². The number of aliphatic hydroxyl groups excluding tert-OH is 1. The van der Waals surface area contributed by atoms with E-state index in [0.717, 1.165) is 10.6 Å². The molecule has 0 aliphatic carbocycles. The zero-order valence-electron chi connectivity index (χ0n) is 15.8. The van der Waals surface area contributed by atoms with Gasteiger partial charge in [0.1, 0.15) is 6.73 Å². The number of aromatic hydroxyl groups is 1. The Balaban J connectivity index is 2.34. The van der Waals surface area contributed by atoms with E-state index in [2.05, 4.69) is 5.32 Å². The number of hydrogen-bond acceptors (Lipinski definition) is 4. The summed E-state index contributed by atoms with van der Waals surface area (Å²) in [5, 5.41) is 21.0. The molecule has 158 valence electrons. The molecule has 1 amide bonds. The fourth-order valence-corrected chi connectivity index (χ4v) is 3.72. The summed E-state index contributed by atoms with van der Waals surface area (Å²) in [5.41, 5.74) is 0.148. The van der Waals surface area contributed by atoms with Crippen LogP contribution in [0.25, 0.3) is 10.9 Å². The first kappa shape index (κ1) is 22.0. The molecule has 0 saturated carbocycles. The molecule has 3 rings (SSSR count). The molecule has 0 aliphatic heterocycles. The molecular weight excluding hydrogens is 441 g/mol. The molecule has 0 fully saturated rings. The Morgan fingerprint density at radius 1 is 1.20 bits per heavy atom. The predicted octanol–water partition coefficient (Wildman–Crippen LogP) is 4.10. The van der Waals surface area contributed by atoms with E-state index in [1.807, 2.05) is 0 Å². The van der Waals surface area contributed by atoms with Crippen LogP contribution in [0, 0.1) is 18.6 Å². The number of carbonyl (C=O) groups is 2. The van der Waals surface area contributed by atoms with Crippen molar-refractivity contribution in [1.82, 2.24) is 9.88 Å². The third-order valence-electron chi connectivity index (χ3n) is 4.86. The fraction of sp³-hybridized carbons (Fsp3) is 0.200. The number of nitrogens with zero attached hydrogens (tertiary/aromatic N) is 1. The Labute approximate surface area is 179 Å². The predicted molar refractivity (Wildman–Crippen MR) is 108 cm³/mol. The third kappa shape index (κ3) is 3.51. The summed E-state index contributed by atoms with van der Waals surface area (Å²) in [7, 11) is 0. The molecule has 1 aromatic heterocycles. The van der Waals surface area contributed by atoms with Gasteiger partial charge in [-0.1, -0.05) is 23.2 Å². The highest BCUT2D eigenvalue weighted by Gasteiger charge is 2.30. The molecule has 0 radical (unpaired) electrons. The maximum Gasteiger partial charge on any atom is 0.262 e. The van der Waals surface area contributed by atoms with Crippen molar-refractivity contribution in [2.24, 2.45) is 0 Å². The normalized spacial score (nSPS) is 12.2. The lowest BCUT2D eigenvalue weighted by atomic mass is 9.96. The maximum absolute atomic E-state index is 14.9. The highest BCUT2D eigenvalue weighted by atomic mass is 35.5. The van der Waals surface area contributed by atoms with E-state index in [1.54, 1.807) is 0 Å². The Kier molecular flexibility index (Phi) is 6.03. The minimum atomic E-state index is -1.30. The van der Waals surface area contributed by atoms with Gasteiger partial charge in [-0.05, 0) is 37.6 Å². The van der Waals surface area contributed by atoms with Crippen molar-refractivity contribution in [3.63, 3.8) is 0 Å². The van der Waals surface area contributed by atoms with E-state index in [0.29, 0.717) is 0 Å². The first-order valence-electron chi connectivity index (χ1n) is 8.70. The van der Waals surface area contributed by atoms with Crippen LogP contribution >= 0.6 is 23.2 Å². The summed E-state index contributed by atoms with van der Waals surface area (Å²) in [6.07, 6.45) is 0. The number of aliphatic hydroxyl groups is 1. The SMILES string of the molecule is Cc1c([C@@H](C)C(=O)NCO)c2c(F)c(O)c(F)cc2n1C(=O)c1ccc(Cl)c(Cl)c1. The average Bonchev–Trinajstić information content (AvgIpc) is 2.99. The Morgan fingerprint density at radius 2 is 1.87 bits per heavy atom. The molecule has 0 saturated heterocycles. The van der Waals surface area contributed by atoms with Crippen LogP contribution in [0.15, 0.2) is 24.3 Å². The summed E-state index contributed by atoms with van der Waals surface area (Å²) in [6, 6.07) is 4.93. The first-order chi connectivity index (χ1) is 14.1. The van der Waals surface area contributed by atoms with Gasteiger partial charge < -0.3 is 15.5 Å². The Morgan fingerprint density at radius 3 is 2.47 bits per heavy atom. The van der Waals surface area contributed by atoms with Gasteiger partial charge in [0.2, 0.25) is 5.91 Å². The average molecular weight is 457 g/mol. The highest BCUT2D eigenvalue weighted by molar-refractivity contribution is 6.42. The largest absolute Gasteiger partial charge is 0.503 e. The second-order valence-electron chi connectivity index (χ2n) is 6.60. The third-order valence-corrected chi connectivity index (χ3v) is 5.60. The number of rotatable bonds is 4. The van der Waals surface area contributed by atoms with E-state index in [-0.39, 0.29) is 37.8 Å². The minimum absolute atomic E-state index is 0.0668. The molecule has 0 aliphatic rings. The van der Waals surface area contributed by atoms with Crippen molar-refractivity contribution in [3.05, 3.63) is 62.8 Å². The van der Waals surface area contributed by atoms with Crippen LogP contribution in [-0.2, 0) is 4.79 Å². The molecule has 0 bridgehead atoms. The second kappa shape index (κ2) is 8.22. The molecule has 3 aromatic rings. The summed E-state index contributed by atoms with van der Waals surface area (Å²) in [5.74, 6) is -6.13. The number of aromatic nitrogens is 1. The maximum atomic E-state index is 14.9. The highest BCUT2D eigenvalue weighted by Crippen LogP contribution is 2.38. The van der Waals surface area contributed by atoms with Crippen molar-refractivity contribution in [3.8, 4) is 5.75 Å². The summed E-state index contributed by atoms with van der Waals surface area (Å²) in [4.78, 5) is 25.5. The summed E-state index contributed by atoms with van der Waals surface area (Å²) in [6.45, 7) is 2.24. The number of carbonyl (C=O) groups excluding carboxylic acids is 2. The van der Waals surface area contributed by atoms with Gasteiger partial charge in [0, 0.05) is 22.7 Å². The minimum Gasteiger partial charge on any atom is -0.503 e. The van der Waals surface area contributed by atoms with Crippen LogP contribution in [0.3, 0.4) is 0 Å². The molecule has 6 nitrogen and oxygen atoms in total. The van der Waals surface area contributed by atoms with Crippen LogP contribution in [-0.4, -0.2) is 33.3 Å². The summed E-state index contributed by atoms with van der Waals surface area (Å²) >= 11 is 11.9. The number of nitrogens with one attached hydrogen (secondary N) is 1. The molecule has 1 heterocycles. The van der Waals surface area contributed by atoms with Crippen molar-refractivity contribution in [1.29, 1.82) is 0 Å². The lowest BCUT2D eigenvalue weighted by Crippen LogP contribution is -2.29. The monoisotopic (exact) mass is 456 g/mol. The van der Waals surface area contributed by atoms with E-state index >= 15 is 0 Å². The van der Waals surface area contributed by atoms with Gasteiger partial charge in [0.05, 0.1) is 21.5 Å². The van der Waals surface area contributed by atoms with Crippen LogP contribution in [0.1, 0.15) is 34.5 Å². The second-order valence-corrected chi connectivity index (χ2v) is 7.42. The molecule has 0 spiro atoms. The van der Waals surface area contributed by atoms with Gasteiger partial charge in [-0.3, -0.25) is 14.2 Å². The van der Waals surface area contributed by atoms with Crippen molar-refractivity contribution in [2.45, 2.75) is 19.8 Å². The fourth-order valence-electron chi connectivity index (χ4n) is 3.42. The molecule has 1 atom stereocenters. The van der Waals surface area contributed by atoms with Crippen molar-refractivity contribution < 1.29 is 28.6 Å². The van der Waals surface area contributed by atoms with Crippen LogP contribution < -0.4 is 5.32 Å². The number of halogens is 4. The Bertz CT molecular complexity index is 1190. The molecule has 2 aromatic carbocycles. The van der Waals surface area contributed by atoms with E-state index in [4.69, 9.17) is 28.3 Å². The Hall–Kier alpha value is -2.68. The number of phenols is 1. The zero-order valence-corrected chi connectivity index (χ0v) is 17.3. The first-order valence-corrected chi connectivity index (χ1v) is 9.45. The molecular formula is C20H16Cl2F2N2O4. The standard InChI is InChI=1S/C20H16Cl2F2N2O4/c1-8(19(29)25-7-27)15-9(2)26(14-6-13(23)18(28)17(24)16(14)15)20(30)10-3-4-11(21)12(22)5-10/h3-6,8,27-28H,7H2,1-2H3,(H,25,29)/t8-/m1/s1. The zero-order chi connectivity index (χ0) is 22.3. The molecule has 10 heteroatoms. The van der Waals surface area contributed by atoms with Gasteiger partial charge in [0.25, 0.3) is 5.91 Å². The van der Waals surface area contributed by atoms with Gasteiger partial charge in [-0.2, -0.15) is 0 Å². The van der Waals surface area contributed by atoms with Gasteiger partial charge >= 0.3 is 0 Å². The van der Waals surface area contributed by atoms with E-state index in [9.17, 15) is 23.5 Å². The van der Waals surface area contributed by atoms with Crippen molar-refractivity contribution >= 4 is 45.9 Å². The lowest BCUT2D eigenvalue weighted by molar-refractivity contribution is -0.123. The van der Waals surface area contributed by atoms with E-state index in [1.165, 1.54) is 32.0 Å². The number of hydrogen-bond donors (Lipinski definition) is 3. The van der Waals surface area contributed by atoms with Crippen molar-refractivity contribution in [2.75, 3.05) is 6.73 Å². The number of phenolic OH excluding ortho intramolecular Hbond substituents is 1. The van der Waals surface area contributed by atoms with Gasteiger partial charge in [-0.15, -0.1) is 0 Å². The number of amides is 1. The molecule has 0 unspecified atom stereocenters. The number of fused-ring (bicyclic) bond motifs is 1. The topological polar surface area (TPSA) is 91.6 Å². The van der Waals surface area contributed by atoms with Gasteiger partial charge in [0.15, 0.2) is 17.4 Å². The number of benzene rings is 2. The smallest absolute Gasteiger partial charge is 0.262 e. The quantitative estimate of drug-likeness (QED) is 0.515. The van der Waals surface area contributed by atoms with Crippen LogP contribution in [0.2, 0.25) is 10.0 Å². The molecule has 3 N–H and O–H groups in total. The van der Waals surface area contributed by atoms with E-state index < -0.39 is 41.8 Å². The van der Waals surface area contributed by atoms with Gasteiger partial charge in [-0.25, -0.2) is 8.78 Å². The van der Waals surface area contributed by atoms with Crippen LogP contribution in [0.4, 0.5) is 8.78 Å². The lowest BCUT2D eigenvalue weighted by Gasteiger charge is -2.13.